The Morgan fingerprint density at radius 3 is 2.71 bits per heavy atom. The molecular formula is C19H16NO4+. The van der Waals surface area contributed by atoms with Crippen molar-refractivity contribution in [2.24, 2.45) is 0 Å². The molecule has 120 valence electrons. The monoisotopic (exact) mass is 322 g/mol. The summed E-state index contributed by atoms with van der Waals surface area (Å²) in [6.45, 7) is 1.68. The molecule has 0 saturated carbocycles. The van der Waals surface area contributed by atoms with Crippen LogP contribution in [0.3, 0.4) is 0 Å². The molecule has 6 rings (SSSR count). The number of hydrogen-bond donors (Lipinski definition) is 1. The van der Waals surface area contributed by atoms with Crippen LogP contribution >= 0.6 is 0 Å². The van der Waals surface area contributed by atoms with Crippen molar-refractivity contribution in [3.63, 3.8) is 0 Å². The molecule has 0 saturated heterocycles. The first-order chi connectivity index (χ1) is 11.9. The fourth-order valence-electron chi connectivity index (χ4n) is 4.17. The molecule has 2 unspecified atom stereocenters. The second-order valence-corrected chi connectivity index (χ2v) is 6.57. The van der Waals surface area contributed by atoms with Gasteiger partial charge < -0.3 is 18.9 Å². The first kappa shape index (κ1) is 12.7. The van der Waals surface area contributed by atoms with Crippen molar-refractivity contribution in [3.8, 4) is 23.0 Å². The van der Waals surface area contributed by atoms with Gasteiger partial charge in [-0.15, -0.1) is 0 Å². The van der Waals surface area contributed by atoms with Crippen LogP contribution in [0.2, 0.25) is 0 Å². The Balaban J connectivity index is 1.55. The Hall–Kier alpha value is -2.66. The van der Waals surface area contributed by atoms with Gasteiger partial charge in [0.05, 0.1) is 11.8 Å². The highest BCUT2D eigenvalue weighted by molar-refractivity contribution is 5.56. The van der Waals surface area contributed by atoms with Crippen LogP contribution in [-0.2, 0) is 6.42 Å². The standard InChI is InChI=1S/C19H15NO4/c1-2-16-19(24-10-21-16)14-8-20-4-3-12-6-17-18(23-9-22-17)7-13(12)15(20)5-11(1)14/h1-2,5-8,15H,3-4,9-10H2/p+1. The van der Waals surface area contributed by atoms with Gasteiger partial charge in [-0.05, 0) is 35.1 Å². The maximum atomic E-state index is 5.68. The number of fused-ring (bicyclic) bond motifs is 7. The Bertz CT molecular complexity index is 997. The van der Waals surface area contributed by atoms with Gasteiger partial charge in [0, 0.05) is 12.0 Å². The molecule has 5 heteroatoms. The lowest BCUT2D eigenvalue weighted by atomic mass is 9.90. The number of quaternary nitrogens is 1. The second-order valence-electron chi connectivity index (χ2n) is 6.57. The van der Waals surface area contributed by atoms with Gasteiger partial charge in [0.2, 0.25) is 13.6 Å². The highest BCUT2D eigenvalue weighted by atomic mass is 16.7. The van der Waals surface area contributed by atoms with E-state index in [0.29, 0.717) is 19.6 Å². The number of nitrogens with one attached hydrogen (secondary N) is 1. The molecule has 1 N–H and O–H groups in total. The molecule has 0 fully saturated rings. The van der Waals surface area contributed by atoms with Gasteiger partial charge in [0.15, 0.2) is 23.0 Å². The summed E-state index contributed by atoms with van der Waals surface area (Å²) in [5.74, 6) is 3.46. The summed E-state index contributed by atoms with van der Waals surface area (Å²) in [5, 5.41) is 2.36. The summed E-state index contributed by atoms with van der Waals surface area (Å²) >= 11 is 0. The fourth-order valence-corrected chi connectivity index (χ4v) is 4.17. The van der Waals surface area contributed by atoms with Gasteiger partial charge in [0.25, 0.3) is 0 Å². The lowest BCUT2D eigenvalue weighted by molar-refractivity contribution is -0.844. The molecule has 2 aromatic carbocycles. The van der Waals surface area contributed by atoms with Crippen molar-refractivity contribution in [2.45, 2.75) is 12.5 Å². The Morgan fingerprint density at radius 1 is 0.917 bits per heavy atom. The molecule has 4 aliphatic heterocycles. The molecule has 0 aromatic heterocycles. The van der Waals surface area contributed by atoms with E-state index in [-0.39, 0.29) is 0 Å². The molecule has 0 bridgehead atoms. The topological polar surface area (TPSA) is 41.4 Å². The minimum atomic E-state index is 0.302. The summed E-state index contributed by atoms with van der Waals surface area (Å²) in [7, 11) is 0. The normalized spacial score (nSPS) is 24.3. The summed E-state index contributed by atoms with van der Waals surface area (Å²) in [6.07, 6.45) is 5.66. The van der Waals surface area contributed by atoms with Gasteiger partial charge in [0.1, 0.15) is 12.2 Å². The second kappa shape index (κ2) is 4.45. The van der Waals surface area contributed by atoms with Crippen molar-refractivity contribution in [1.29, 1.82) is 0 Å². The molecule has 0 amide bonds. The third kappa shape index (κ3) is 1.62. The number of rotatable bonds is 0. The number of hydrogen-bond acceptors (Lipinski definition) is 4. The van der Waals surface area contributed by atoms with E-state index >= 15 is 0 Å². The van der Waals surface area contributed by atoms with E-state index in [2.05, 4.69) is 30.5 Å². The van der Waals surface area contributed by atoms with E-state index < -0.39 is 0 Å². The number of ether oxygens (including phenoxy) is 4. The van der Waals surface area contributed by atoms with Gasteiger partial charge in [-0.25, -0.2) is 0 Å². The highest BCUT2D eigenvalue weighted by Gasteiger charge is 2.33. The SMILES string of the molecule is C1=c2ccc3c(c2=C[NH+]2CCc4cc5c(cc4C12)OCO5)OCO3. The first-order valence-corrected chi connectivity index (χ1v) is 8.27. The highest BCUT2D eigenvalue weighted by Crippen LogP contribution is 2.38. The van der Waals surface area contributed by atoms with Crippen LogP contribution in [0.25, 0.3) is 12.3 Å². The maximum Gasteiger partial charge on any atom is 0.231 e. The van der Waals surface area contributed by atoms with Crippen LogP contribution in [0.4, 0.5) is 0 Å². The molecule has 0 spiro atoms. The number of benzene rings is 2. The van der Waals surface area contributed by atoms with E-state index in [1.54, 1.807) is 0 Å². The molecule has 5 nitrogen and oxygen atoms in total. The molecular weight excluding hydrogens is 306 g/mol. The zero-order chi connectivity index (χ0) is 15.7. The smallest absolute Gasteiger partial charge is 0.231 e. The van der Waals surface area contributed by atoms with E-state index in [0.717, 1.165) is 41.2 Å². The van der Waals surface area contributed by atoms with E-state index in [1.807, 2.05) is 6.07 Å². The van der Waals surface area contributed by atoms with Crippen LogP contribution in [0.1, 0.15) is 17.2 Å². The first-order valence-electron chi connectivity index (χ1n) is 8.27. The summed E-state index contributed by atoms with van der Waals surface area (Å²) in [4.78, 5) is 1.43. The van der Waals surface area contributed by atoms with Gasteiger partial charge in [-0.2, -0.15) is 0 Å². The maximum absolute atomic E-state index is 5.68. The molecule has 4 heterocycles. The summed E-state index contributed by atoms with van der Waals surface area (Å²) in [6, 6.07) is 8.73. The van der Waals surface area contributed by atoms with E-state index in [1.165, 1.54) is 21.2 Å². The summed E-state index contributed by atoms with van der Waals surface area (Å²) < 4.78 is 22.3. The molecule has 24 heavy (non-hydrogen) atoms. The minimum Gasteiger partial charge on any atom is -0.454 e. The Kier molecular flexibility index (Phi) is 2.36. The third-order valence-electron chi connectivity index (χ3n) is 5.34. The van der Waals surface area contributed by atoms with Gasteiger partial charge in [-0.1, -0.05) is 6.07 Å². The molecule has 4 aliphatic rings. The zero-order valence-corrected chi connectivity index (χ0v) is 13.0. The predicted molar refractivity (Wildman–Crippen MR) is 85.6 cm³/mol. The van der Waals surface area contributed by atoms with Crippen LogP contribution in [0.5, 0.6) is 23.0 Å². The molecule has 2 atom stereocenters. The minimum absolute atomic E-state index is 0.302. The molecule has 0 aliphatic carbocycles. The lowest BCUT2D eigenvalue weighted by Crippen LogP contribution is -3.09. The Labute approximate surface area is 138 Å². The average molecular weight is 322 g/mol. The average Bonchev–Trinajstić information content (AvgIpc) is 3.26. The van der Waals surface area contributed by atoms with Gasteiger partial charge in [-0.3, -0.25) is 4.90 Å². The van der Waals surface area contributed by atoms with Crippen LogP contribution in [-0.4, -0.2) is 20.1 Å². The van der Waals surface area contributed by atoms with Crippen LogP contribution in [0.15, 0.2) is 24.3 Å². The van der Waals surface area contributed by atoms with Crippen molar-refractivity contribution < 1.29 is 23.8 Å². The van der Waals surface area contributed by atoms with Crippen LogP contribution < -0.4 is 34.3 Å². The summed E-state index contributed by atoms with van der Waals surface area (Å²) in [5.41, 5.74) is 2.70. The lowest BCUT2D eigenvalue weighted by Gasteiger charge is -2.31. The largest absolute Gasteiger partial charge is 0.454 e. The van der Waals surface area contributed by atoms with Gasteiger partial charge >= 0.3 is 0 Å². The van der Waals surface area contributed by atoms with Crippen molar-refractivity contribution in [2.75, 3.05) is 20.1 Å². The van der Waals surface area contributed by atoms with E-state index in [4.69, 9.17) is 18.9 Å². The quantitative estimate of drug-likeness (QED) is 0.733. The predicted octanol–water partition coefficient (Wildman–Crippen LogP) is -0.142. The van der Waals surface area contributed by atoms with Crippen molar-refractivity contribution >= 4 is 12.3 Å². The Morgan fingerprint density at radius 2 is 1.75 bits per heavy atom. The fraction of sp³-hybridized carbons (Fsp3) is 0.263. The van der Waals surface area contributed by atoms with Crippen molar-refractivity contribution in [1.82, 2.24) is 0 Å². The van der Waals surface area contributed by atoms with Crippen molar-refractivity contribution in [3.05, 3.63) is 45.8 Å². The third-order valence-corrected chi connectivity index (χ3v) is 5.34. The van der Waals surface area contributed by atoms with E-state index in [9.17, 15) is 0 Å². The molecule has 2 aromatic rings. The van der Waals surface area contributed by atoms with Crippen LogP contribution in [0, 0.1) is 0 Å². The molecule has 0 radical (unpaired) electrons. The zero-order valence-electron chi connectivity index (χ0n) is 13.0.